The van der Waals surface area contributed by atoms with E-state index in [0.717, 1.165) is 43.7 Å². The Labute approximate surface area is 130 Å². The molecular formula is C17H23N3O2. The van der Waals surface area contributed by atoms with Crippen LogP contribution in [-0.2, 0) is 11.2 Å². The third kappa shape index (κ3) is 3.31. The molecule has 1 unspecified atom stereocenters. The van der Waals surface area contributed by atoms with Crippen LogP contribution in [0.1, 0.15) is 48.8 Å². The fourth-order valence-electron chi connectivity index (χ4n) is 2.88. The minimum atomic E-state index is -0.0698. The number of aromatic hydroxyl groups is 1. The van der Waals surface area contributed by atoms with Gasteiger partial charge in [-0.25, -0.2) is 0 Å². The van der Waals surface area contributed by atoms with E-state index in [1.54, 1.807) is 12.1 Å². The maximum absolute atomic E-state index is 9.41. The Morgan fingerprint density at radius 1 is 1.32 bits per heavy atom. The van der Waals surface area contributed by atoms with Crippen molar-refractivity contribution in [1.82, 2.24) is 9.78 Å². The molecule has 0 bridgehead atoms. The highest BCUT2D eigenvalue weighted by atomic mass is 16.5. The van der Waals surface area contributed by atoms with Crippen LogP contribution in [0.3, 0.4) is 0 Å². The van der Waals surface area contributed by atoms with E-state index in [2.05, 4.69) is 10.7 Å². The molecule has 3 rings (SSSR count). The number of nitrogens with two attached hydrogens (primary N) is 1. The van der Waals surface area contributed by atoms with Gasteiger partial charge in [-0.05, 0) is 43.5 Å². The molecule has 2 heterocycles. The van der Waals surface area contributed by atoms with Gasteiger partial charge < -0.3 is 15.6 Å². The van der Waals surface area contributed by atoms with E-state index < -0.39 is 0 Å². The van der Waals surface area contributed by atoms with E-state index in [4.69, 9.17) is 15.6 Å². The molecule has 0 amide bonds. The van der Waals surface area contributed by atoms with E-state index in [1.807, 2.05) is 19.1 Å². The second-order valence-corrected chi connectivity index (χ2v) is 5.98. The first-order valence-electron chi connectivity index (χ1n) is 7.83. The van der Waals surface area contributed by atoms with E-state index in [1.165, 1.54) is 5.69 Å². The van der Waals surface area contributed by atoms with Crippen molar-refractivity contribution >= 4 is 0 Å². The number of phenolic OH excluding ortho intramolecular Hbond substituents is 1. The highest BCUT2D eigenvalue weighted by Gasteiger charge is 2.21. The molecule has 1 aromatic carbocycles. The summed E-state index contributed by atoms with van der Waals surface area (Å²) in [6.07, 6.45) is 2.77. The molecule has 3 N–H and O–H groups in total. The van der Waals surface area contributed by atoms with Crippen LogP contribution in [0.25, 0.3) is 0 Å². The van der Waals surface area contributed by atoms with Gasteiger partial charge in [0.05, 0.1) is 11.7 Å². The summed E-state index contributed by atoms with van der Waals surface area (Å²) in [5, 5.41) is 14.1. The molecular weight excluding hydrogens is 278 g/mol. The fraction of sp³-hybridized carbons (Fsp3) is 0.471. The average Bonchev–Trinajstić information content (AvgIpc) is 2.95. The molecule has 0 aliphatic carbocycles. The van der Waals surface area contributed by atoms with Gasteiger partial charge in [-0.2, -0.15) is 5.10 Å². The summed E-state index contributed by atoms with van der Waals surface area (Å²) >= 11 is 0. The van der Waals surface area contributed by atoms with E-state index in [-0.39, 0.29) is 11.8 Å². The summed E-state index contributed by atoms with van der Waals surface area (Å²) in [7, 11) is 0. The Morgan fingerprint density at radius 3 is 2.64 bits per heavy atom. The van der Waals surface area contributed by atoms with Gasteiger partial charge in [-0.3, -0.25) is 4.68 Å². The SMILES string of the molecule is CC(N)c1cc(Cc2ccc(O)cc2)n(C2CCOCC2)n1. The largest absolute Gasteiger partial charge is 0.508 e. The van der Waals surface area contributed by atoms with Crippen molar-refractivity contribution < 1.29 is 9.84 Å². The van der Waals surface area contributed by atoms with Crippen molar-refractivity contribution in [3.05, 3.63) is 47.3 Å². The van der Waals surface area contributed by atoms with E-state index in [0.29, 0.717) is 6.04 Å². The molecule has 1 saturated heterocycles. The summed E-state index contributed by atoms with van der Waals surface area (Å²) in [5.74, 6) is 0.290. The van der Waals surface area contributed by atoms with E-state index in [9.17, 15) is 5.11 Å². The van der Waals surface area contributed by atoms with Crippen LogP contribution in [0.5, 0.6) is 5.75 Å². The number of hydrogen-bond donors (Lipinski definition) is 2. The molecule has 1 fully saturated rings. The number of phenols is 1. The third-order valence-corrected chi connectivity index (χ3v) is 4.16. The second-order valence-electron chi connectivity index (χ2n) is 5.98. The number of nitrogens with zero attached hydrogens (tertiary/aromatic N) is 2. The molecule has 1 aliphatic rings. The zero-order chi connectivity index (χ0) is 15.5. The predicted octanol–water partition coefficient (Wildman–Crippen LogP) is 2.55. The molecule has 1 aliphatic heterocycles. The van der Waals surface area contributed by atoms with Crippen molar-refractivity contribution in [1.29, 1.82) is 0 Å². The van der Waals surface area contributed by atoms with Crippen LogP contribution in [0.4, 0.5) is 0 Å². The summed E-state index contributed by atoms with van der Waals surface area (Å²) in [5.41, 5.74) is 9.26. The minimum Gasteiger partial charge on any atom is -0.508 e. The van der Waals surface area contributed by atoms with Crippen LogP contribution in [0, 0.1) is 0 Å². The maximum atomic E-state index is 9.41. The summed E-state index contributed by atoms with van der Waals surface area (Å²) in [4.78, 5) is 0. The number of hydrogen-bond acceptors (Lipinski definition) is 4. The monoisotopic (exact) mass is 301 g/mol. The molecule has 1 atom stereocenters. The van der Waals surface area contributed by atoms with Crippen LogP contribution in [0.15, 0.2) is 30.3 Å². The van der Waals surface area contributed by atoms with Crippen molar-refractivity contribution in [2.45, 2.75) is 38.3 Å². The Bertz CT molecular complexity index is 613. The first-order valence-corrected chi connectivity index (χ1v) is 7.83. The molecule has 1 aromatic heterocycles. The number of benzene rings is 1. The molecule has 5 nitrogen and oxygen atoms in total. The smallest absolute Gasteiger partial charge is 0.115 e. The van der Waals surface area contributed by atoms with Crippen LogP contribution in [-0.4, -0.2) is 28.1 Å². The third-order valence-electron chi connectivity index (χ3n) is 4.16. The Morgan fingerprint density at radius 2 is 2.00 bits per heavy atom. The zero-order valence-corrected chi connectivity index (χ0v) is 12.9. The van der Waals surface area contributed by atoms with Gasteiger partial charge in [0.25, 0.3) is 0 Å². The summed E-state index contributed by atoms with van der Waals surface area (Å²) < 4.78 is 7.59. The highest BCUT2D eigenvalue weighted by Crippen LogP contribution is 2.25. The lowest BCUT2D eigenvalue weighted by Crippen LogP contribution is -2.22. The molecule has 118 valence electrons. The molecule has 0 saturated carbocycles. The molecule has 0 spiro atoms. The molecule has 22 heavy (non-hydrogen) atoms. The van der Waals surface area contributed by atoms with Gasteiger partial charge in [0.1, 0.15) is 5.75 Å². The Balaban J connectivity index is 1.88. The quantitative estimate of drug-likeness (QED) is 0.910. The normalized spacial score (nSPS) is 17.5. The number of ether oxygens (including phenoxy) is 1. The van der Waals surface area contributed by atoms with Gasteiger partial charge >= 0.3 is 0 Å². The fourth-order valence-corrected chi connectivity index (χ4v) is 2.88. The first kappa shape index (κ1) is 15.1. The maximum Gasteiger partial charge on any atom is 0.115 e. The lowest BCUT2D eigenvalue weighted by atomic mass is 10.1. The second kappa shape index (κ2) is 6.50. The molecule has 0 radical (unpaired) electrons. The first-order chi connectivity index (χ1) is 10.6. The van der Waals surface area contributed by atoms with Gasteiger partial charge in [-0.15, -0.1) is 0 Å². The van der Waals surface area contributed by atoms with Crippen molar-refractivity contribution in [2.75, 3.05) is 13.2 Å². The van der Waals surface area contributed by atoms with Crippen LogP contribution in [0.2, 0.25) is 0 Å². The van der Waals surface area contributed by atoms with Crippen LogP contribution < -0.4 is 5.73 Å². The van der Waals surface area contributed by atoms with Gasteiger partial charge in [-0.1, -0.05) is 12.1 Å². The minimum absolute atomic E-state index is 0.0698. The topological polar surface area (TPSA) is 73.3 Å². The van der Waals surface area contributed by atoms with Gasteiger partial charge in [0, 0.05) is 31.4 Å². The Hall–Kier alpha value is -1.85. The molecule has 2 aromatic rings. The van der Waals surface area contributed by atoms with Gasteiger partial charge in [0.15, 0.2) is 0 Å². The zero-order valence-electron chi connectivity index (χ0n) is 12.9. The lowest BCUT2D eigenvalue weighted by Gasteiger charge is -2.24. The van der Waals surface area contributed by atoms with Crippen molar-refractivity contribution in [2.24, 2.45) is 5.73 Å². The van der Waals surface area contributed by atoms with Crippen molar-refractivity contribution in [3.63, 3.8) is 0 Å². The number of rotatable bonds is 4. The van der Waals surface area contributed by atoms with Gasteiger partial charge in [0.2, 0.25) is 0 Å². The Kier molecular flexibility index (Phi) is 4.45. The predicted molar refractivity (Wildman–Crippen MR) is 84.8 cm³/mol. The highest BCUT2D eigenvalue weighted by molar-refractivity contribution is 5.29. The standard InChI is InChI=1S/C17H23N3O2/c1-12(18)17-11-15(10-13-2-4-16(21)5-3-13)20(19-17)14-6-8-22-9-7-14/h2-5,11-12,14,21H,6-10,18H2,1H3. The van der Waals surface area contributed by atoms with Crippen molar-refractivity contribution in [3.8, 4) is 5.75 Å². The number of aromatic nitrogens is 2. The molecule has 5 heteroatoms. The van der Waals surface area contributed by atoms with Crippen LogP contribution >= 0.6 is 0 Å². The van der Waals surface area contributed by atoms with E-state index >= 15 is 0 Å². The lowest BCUT2D eigenvalue weighted by molar-refractivity contribution is 0.0654. The summed E-state index contributed by atoms with van der Waals surface area (Å²) in [6.45, 7) is 3.54. The average molecular weight is 301 g/mol. The summed E-state index contributed by atoms with van der Waals surface area (Å²) in [6, 6.07) is 9.75.